The molecule has 2 aromatic rings. The van der Waals surface area contributed by atoms with Crippen molar-refractivity contribution in [2.24, 2.45) is 0 Å². The first-order valence-electron chi connectivity index (χ1n) is 6.79. The lowest BCUT2D eigenvalue weighted by Gasteiger charge is -2.05. The van der Waals surface area contributed by atoms with Crippen molar-refractivity contribution in [1.29, 1.82) is 0 Å². The normalized spacial score (nSPS) is 10.6. The van der Waals surface area contributed by atoms with Crippen LogP contribution in [-0.2, 0) is 10.0 Å². The lowest BCUT2D eigenvalue weighted by molar-refractivity contribution is 0.574. The van der Waals surface area contributed by atoms with E-state index >= 15 is 0 Å². The van der Waals surface area contributed by atoms with Gasteiger partial charge in [0.15, 0.2) is 0 Å². The van der Waals surface area contributed by atoms with Gasteiger partial charge in [0.25, 0.3) is 10.0 Å². The minimum atomic E-state index is -3.58. The minimum absolute atomic E-state index is 0.210. The van der Waals surface area contributed by atoms with Crippen molar-refractivity contribution in [1.82, 2.24) is 10.3 Å². The zero-order chi connectivity index (χ0) is 16.0. The van der Waals surface area contributed by atoms with Crippen LogP contribution < -0.4 is 10.3 Å². The SMILES string of the molecule is Cc1ccc(S(=O)(=O)NNC=C=Cc2ccccc2C)cc1. The first-order chi connectivity index (χ1) is 10.5. The third kappa shape index (κ3) is 4.33. The predicted molar refractivity (Wildman–Crippen MR) is 88.4 cm³/mol. The molecule has 2 N–H and O–H groups in total. The van der Waals surface area contributed by atoms with Gasteiger partial charge in [0.1, 0.15) is 0 Å². The van der Waals surface area contributed by atoms with Crippen molar-refractivity contribution in [2.75, 3.05) is 0 Å². The average Bonchev–Trinajstić information content (AvgIpc) is 2.49. The van der Waals surface area contributed by atoms with Crippen LogP contribution in [0.1, 0.15) is 16.7 Å². The quantitative estimate of drug-likeness (QED) is 0.659. The summed E-state index contributed by atoms with van der Waals surface area (Å²) in [7, 11) is -3.58. The fraction of sp³-hybridized carbons (Fsp3) is 0.118. The second kappa shape index (κ2) is 7.09. The summed E-state index contributed by atoms with van der Waals surface area (Å²) < 4.78 is 24.0. The lowest BCUT2D eigenvalue weighted by atomic mass is 10.1. The molecular weight excluding hydrogens is 296 g/mol. The van der Waals surface area contributed by atoms with E-state index in [0.29, 0.717) is 0 Å². The zero-order valence-corrected chi connectivity index (χ0v) is 13.3. The molecule has 0 bridgehead atoms. The summed E-state index contributed by atoms with van der Waals surface area (Å²) in [5.41, 5.74) is 8.58. The summed E-state index contributed by atoms with van der Waals surface area (Å²) in [6.45, 7) is 3.90. The Kier molecular flexibility index (Phi) is 5.17. The molecule has 0 fully saturated rings. The molecule has 114 valence electrons. The van der Waals surface area contributed by atoms with Crippen molar-refractivity contribution in [3.63, 3.8) is 0 Å². The van der Waals surface area contributed by atoms with Crippen molar-refractivity contribution in [3.8, 4) is 0 Å². The van der Waals surface area contributed by atoms with Crippen LogP contribution in [-0.4, -0.2) is 8.42 Å². The van der Waals surface area contributed by atoms with E-state index in [0.717, 1.165) is 16.7 Å². The van der Waals surface area contributed by atoms with E-state index in [1.165, 1.54) is 6.20 Å². The molecule has 0 aromatic heterocycles. The van der Waals surface area contributed by atoms with Crippen LogP contribution in [0, 0.1) is 13.8 Å². The van der Waals surface area contributed by atoms with Crippen LogP contribution in [0.25, 0.3) is 6.08 Å². The highest BCUT2D eigenvalue weighted by atomic mass is 32.2. The first-order valence-corrected chi connectivity index (χ1v) is 8.28. The molecule has 4 nitrogen and oxygen atoms in total. The van der Waals surface area contributed by atoms with Crippen LogP contribution in [0.5, 0.6) is 0 Å². The molecular formula is C17H18N2O2S. The molecule has 0 atom stereocenters. The molecule has 0 spiro atoms. The zero-order valence-electron chi connectivity index (χ0n) is 12.5. The van der Waals surface area contributed by atoms with Crippen molar-refractivity contribution in [3.05, 3.63) is 77.2 Å². The molecule has 0 aliphatic rings. The Morgan fingerprint density at radius 2 is 1.68 bits per heavy atom. The predicted octanol–water partition coefficient (Wildman–Crippen LogP) is 2.91. The number of hydrogen-bond acceptors (Lipinski definition) is 3. The fourth-order valence-corrected chi connectivity index (χ4v) is 2.63. The van der Waals surface area contributed by atoms with Crippen LogP contribution in [0.15, 0.2) is 65.4 Å². The van der Waals surface area contributed by atoms with Gasteiger partial charge in [0, 0.05) is 0 Å². The highest BCUT2D eigenvalue weighted by Gasteiger charge is 2.11. The standard InChI is InChI=1S/C17H18N2O2S/c1-14-9-11-17(12-10-14)22(20,21)19-18-13-5-8-16-7-4-3-6-15(16)2/h3-4,6-13,18-19H,1-2H3. The van der Waals surface area contributed by atoms with Gasteiger partial charge in [-0.15, -0.1) is 10.6 Å². The number of aryl methyl sites for hydroxylation is 2. The van der Waals surface area contributed by atoms with Gasteiger partial charge >= 0.3 is 0 Å². The van der Waals surface area contributed by atoms with E-state index in [-0.39, 0.29) is 4.90 Å². The van der Waals surface area contributed by atoms with Gasteiger partial charge in [-0.25, -0.2) is 8.42 Å². The van der Waals surface area contributed by atoms with Crippen LogP contribution in [0.3, 0.4) is 0 Å². The summed E-state index contributed by atoms with van der Waals surface area (Å²) in [6.07, 6.45) is 3.20. The van der Waals surface area contributed by atoms with Gasteiger partial charge in [-0.2, -0.15) is 0 Å². The third-order valence-corrected chi connectivity index (χ3v) is 4.39. The van der Waals surface area contributed by atoms with Crippen LogP contribution >= 0.6 is 0 Å². The van der Waals surface area contributed by atoms with E-state index in [1.807, 2.05) is 38.1 Å². The average molecular weight is 314 g/mol. The summed E-state index contributed by atoms with van der Waals surface area (Å²) in [5.74, 6) is 0. The van der Waals surface area contributed by atoms with Crippen molar-refractivity contribution >= 4 is 16.1 Å². The van der Waals surface area contributed by atoms with Gasteiger partial charge in [-0.3, -0.25) is 0 Å². The summed E-state index contributed by atoms with van der Waals surface area (Å²) in [6, 6.07) is 14.5. The Hall–Kier alpha value is -2.33. The number of hydrazine groups is 1. The smallest absolute Gasteiger partial charge is 0.257 e. The molecule has 2 aromatic carbocycles. The molecule has 0 heterocycles. The molecule has 0 unspecified atom stereocenters. The number of nitrogens with one attached hydrogen (secondary N) is 2. The maximum Gasteiger partial charge on any atom is 0.257 e. The molecule has 5 heteroatoms. The third-order valence-electron chi connectivity index (χ3n) is 3.11. The Morgan fingerprint density at radius 3 is 2.36 bits per heavy atom. The maximum absolute atomic E-state index is 12.0. The summed E-state index contributed by atoms with van der Waals surface area (Å²) >= 11 is 0. The van der Waals surface area contributed by atoms with E-state index in [2.05, 4.69) is 16.0 Å². The molecule has 2 rings (SSSR count). The Morgan fingerprint density at radius 1 is 1.00 bits per heavy atom. The largest absolute Gasteiger partial charge is 0.307 e. The monoisotopic (exact) mass is 314 g/mol. The van der Waals surface area contributed by atoms with Crippen LogP contribution in [0.4, 0.5) is 0 Å². The number of benzene rings is 2. The van der Waals surface area contributed by atoms with Gasteiger partial charge in [-0.1, -0.05) is 42.0 Å². The molecule has 0 radical (unpaired) electrons. The molecule has 0 aliphatic heterocycles. The molecule has 0 aliphatic carbocycles. The Balaban J connectivity index is 1.99. The highest BCUT2D eigenvalue weighted by molar-refractivity contribution is 7.89. The molecule has 22 heavy (non-hydrogen) atoms. The first kappa shape index (κ1) is 16.0. The van der Waals surface area contributed by atoms with Crippen LogP contribution in [0.2, 0.25) is 0 Å². The number of rotatable bonds is 5. The van der Waals surface area contributed by atoms with Gasteiger partial charge in [-0.05, 0) is 43.2 Å². The van der Waals surface area contributed by atoms with E-state index in [4.69, 9.17) is 0 Å². The summed E-state index contributed by atoms with van der Waals surface area (Å²) in [4.78, 5) is 2.49. The Labute approximate surface area is 131 Å². The Bertz CT molecular complexity index is 803. The maximum atomic E-state index is 12.0. The molecule has 0 saturated carbocycles. The van der Waals surface area contributed by atoms with Gasteiger partial charge < -0.3 is 5.43 Å². The second-order valence-corrected chi connectivity index (χ2v) is 6.56. The molecule has 0 saturated heterocycles. The van der Waals surface area contributed by atoms with E-state index in [1.54, 1.807) is 30.3 Å². The number of hydrogen-bond donors (Lipinski definition) is 2. The van der Waals surface area contributed by atoms with Gasteiger partial charge in [0.2, 0.25) is 0 Å². The highest BCUT2D eigenvalue weighted by Crippen LogP contribution is 2.09. The van der Waals surface area contributed by atoms with Gasteiger partial charge in [0.05, 0.1) is 11.1 Å². The number of sulfonamides is 1. The molecule has 0 amide bonds. The second-order valence-electron chi connectivity index (χ2n) is 4.87. The minimum Gasteiger partial charge on any atom is -0.307 e. The fourth-order valence-electron chi connectivity index (χ4n) is 1.81. The van der Waals surface area contributed by atoms with Crippen molar-refractivity contribution < 1.29 is 8.42 Å². The van der Waals surface area contributed by atoms with E-state index in [9.17, 15) is 8.42 Å². The van der Waals surface area contributed by atoms with E-state index < -0.39 is 10.0 Å². The summed E-state index contributed by atoms with van der Waals surface area (Å²) in [5, 5.41) is 0. The topological polar surface area (TPSA) is 58.2 Å². The lowest BCUT2D eigenvalue weighted by Crippen LogP contribution is -2.33. The van der Waals surface area contributed by atoms with Crippen molar-refractivity contribution in [2.45, 2.75) is 18.7 Å².